The van der Waals surface area contributed by atoms with Crippen LogP contribution in [0.5, 0.6) is 0 Å². The van der Waals surface area contributed by atoms with Gasteiger partial charge in [-0.2, -0.15) is 0 Å². The molecule has 0 aromatic rings. The molecule has 14 heteroatoms. The molecule has 26 heavy (non-hydrogen) atoms. The summed E-state index contributed by atoms with van der Waals surface area (Å²) in [7, 11) is 0. The molecule has 0 saturated carbocycles. The number of ether oxygens (including phenoxy) is 2. The van der Waals surface area contributed by atoms with E-state index in [1.165, 1.54) is 0 Å². The van der Waals surface area contributed by atoms with Gasteiger partial charge in [-0.05, 0) is 0 Å². The summed E-state index contributed by atoms with van der Waals surface area (Å²) >= 11 is 0. The van der Waals surface area contributed by atoms with Crippen molar-refractivity contribution in [3.8, 4) is 0 Å². The largest absolute Gasteiger partial charge is 1.00 e. The van der Waals surface area contributed by atoms with E-state index in [-0.39, 0.29) is 59.1 Å². The van der Waals surface area contributed by atoms with Crippen molar-refractivity contribution in [2.45, 2.75) is 61.4 Å². The van der Waals surface area contributed by atoms with E-state index in [0.717, 1.165) is 0 Å². The summed E-state index contributed by atoms with van der Waals surface area (Å²) in [6.45, 7) is -1.13. The molecule has 0 radical (unpaired) electrons. The first-order valence-corrected chi connectivity index (χ1v) is 7.08. The van der Waals surface area contributed by atoms with E-state index in [4.69, 9.17) is 40.9 Å². The molecule has 0 aromatic heterocycles. The smallest absolute Gasteiger partial charge is 0.829 e. The molecule has 2 aliphatic rings. The van der Waals surface area contributed by atoms with Crippen molar-refractivity contribution in [1.82, 2.24) is 0 Å². The second-order valence-corrected chi connectivity index (χ2v) is 5.39. The van der Waals surface area contributed by atoms with E-state index in [1.807, 2.05) is 0 Å². The quantitative estimate of drug-likeness (QED) is 0.201. The summed E-state index contributed by atoms with van der Waals surface area (Å²) in [5.41, 5.74) is 0. The van der Waals surface area contributed by atoms with Gasteiger partial charge in [-0.1, -0.05) is 0 Å². The third-order valence-electron chi connectivity index (χ3n) is 3.70. The summed E-state index contributed by atoms with van der Waals surface area (Å²) in [6, 6.07) is 0. The van der Waals surface area contributed by atoms with Crippen molar-refractivity contribution >= 4 is 0 Å². The zero-order chi connectivity index (χ0) is 18.6. The van der Waals surface area contributed by atoms with Crippen LogP contribution in [0.15, 0.2) is 0 Å². The van der Waals surface area contributed by atoms with Crippen LogP contribution in [0.2, 0.25) is 0 Å². The molecule has 10 atom stereocenters. The first-order chi connectivity index (χ1) is 11.1. The Kier molecular flexibility index (Phi) is 15.6. The van der Waals surface area contributed by atoms with Crippen molar-refractivity contribution in [2.75, 3.05) is 13.2 Å². The average molecular weight is 404 g/mol. The first kappa shape index (κ1) is 29.7. The van der Waals surface area contributed by atoms with Crippen LogP contribution < -0.4 is 69.3 Å². The van der Waals surface area contributed by atoms with Gasteiger partial charge in [0.1, 0.15) is 36.6 Å². The Morgan fingerprint density at radius 3 is 1.04 bits per heavy atom. The third-order valence-corrected chi connectivity index (χ3v) is 3.70. The second kappa shape index (κ2) is 13.7. The van der Waals surface area contributed by atoms with Crippen LogP contribution >= 0.6 is 0 Å². The van der Waals surface area contributed by atoms with Gasteiger partial charge in [0.15, 0.2) is 0 Å². The van der Waals surface area contributed by atoms with Gasteiger partial charge in [0.05, 0.1) is 25.4 Å². The Balaban J connectivity index is 0. The predicted octanol–water partition coefficient (Wildman–Crippen LogP) is -13.7. The van der Waals surface area contributed by atoms with Crippen molar-refractivity contribution < 1.29 is 120 Å². The molecule has 2 fully saturated rings. The molecule has 2 rings (SSSR count). The number of rotatable bonds is 2. The first-order valence-electron chi connectivity index (χ1n) is 7.08. The van der Waals surface area contributed by atoms with Gasteiger partial charge >= 0.3 is 59.1 Å². The number of hydrogen-bond acceptors (Lipinski definition) is 12. The van der Waals surface area contributed by atoms with E-state index in [1.54, 1.807) is 0 Å². The Bertz CT molecular complexity index is 337. The monoisotopic (exact) mass is 404 g/mol. The molecule has 2 saturated heterocycles. The fraction of sp³-hybridized carbons (Fsp3) is 1.00. The average Bonchev–Trinajstić information content (AvgIpc) is 2.58. The van der Waals surface area contributed by atoms with Gasteiger partial charge in [-0.3, -0.25) is 0 Å². The SMILES string of the molecule is [Na+].[Na+].[O-]C1O[C@H](CO)[C@@H](O)[C@H](O)[C@H]1O.[O-]C1O[C@H](CO)[C@@H](O)[C@H](O)[C@H]1O. The maximum absolute atomic E-state index is 10.7. The van der Waals surface area contributed by atoms with E-state index >= 15 is 0 Å². The van der Waals surface area contributed by atoms with E-state index in [9.17, 15) is 10.2 Å². The van der Waals surface area contributed by atoms with Crippen molar-refractivity contribution in [3.05, 3.63) is 0 Å². The van der Waals surface area contributed by atoms with Crippen LogP contribution in [0.3, 0.4) is 0 Å². The molecule has 12 nitrogen and oxygen atoms in total. The molecular formula is C12H22Na2O12. The second-order valence-electron chi connectivity index (χ2n) is 5.39. The molecule has 0 bridgehead atoms. The standard InChI is InChI=1S/2C6H11O6.2Na/c2*7-1-2-3(8)4(9)5(10)6(11)12-2;;/h2*2-10H,1H2;;/q2*-1;2*+1/t2*2-,3-,4+,5-,6?;;/m11../s1. The van der Waals surface area contributed by atoms with Gasteiger partial charge in [0.2, 0.25) is 0 Å². The zero-order valence-electron chi connectivity index (χ0n) is 14.4. The number of aliphatic hydroxyl groups excluding tert-OH is 8. The van der Waals surface area contributed by atoms with Gasteiger partial charge in [-0.15, -0.1) is 0 Å². The van der Waals surface area contributed by atoms with Crippen molar-refractivity contribution in [1.29, 1.82) is 0 Å². The predicted molar refractivity (Wildman–Crippen MR) is 67.5 cm³/mol. The zero-order valence-corrected chi connectivity index (χ0v) is 18.4. The third kappa shape index (κ3) is 7.40. The molecule has 2 aliphatic heterocycles. The maximum Gasteiger partial charge on any atom is 1.00 e. The molecular weight excluding hydrogens is 382 g/mol. The minimum absolute atomic E-state index is 0. The molecule has 2 heterocycles. The summed E-state index contributed by atoms with van der Waals surface area (Å²) in [5, 5.41) is 92.7. The minimum Gasteiger partial charge on any atom is -0.829 e. The summed E-state index contributed by atoms with van der Waals surface area (Å²) in [4.78, 5) is 0. The van der Waals surface area contributed by atoms with Crippen molar-refractivity contribution in [2.24, 2.45) is 0 Å². The Morgan fingerprint density at radius 1 is 0.538 bits per heavy atom. The fourth-order valence-corrected chi connectivity index (χ4v) is 2.13. The molecule has 0 aliphatic carbocycles. The molecule has 2 unspecified atom stereocenters. The van der Waals surface area contributed by atoms with Crippen molar-refractivity contribution in [3.63, 3.8) is 0 Å². The molecule has 144 valence electrons. The van der Waals surface area contributed by atoms with Gasteiger partial charge in [0.25, 0.3) is 0 Å². The van der Waals surface area contributed by atoms with E-state index < -0.39 is 74.6 Å². The molecule has 0 amide bonds. The topological polar surface area (TPSA) is 226 Å². The Labute approximate surface area is 193 Å². The maximum atomic E-state index is 10.7. The van der Waals surface area contributed by atoms with Gasteiger partial charge in [-0.25, -0.2) is 0 Å². The minimum atomic E-state index is -1.82. The van der Waals surface area contributed by atoms with Crippen LogP contribution in [-0.4, -0.2) is 115 Å². The summed E-state index contributed by atoms with van der Waals surface area (Å²) in [5.74, 6) is 0. The number of aliphatic hydroxyl groups is 8. The van der Waals surface area contributed by atoms with Crippen LogP contribution in [0.25, 0.3) is 0 Å². The normalized spacial score (nSPS) is 45.5. The fourth-order valence-electron chi connectivity index (χ4n) is 2.13. The van der Waals surface area contributed by atoms with Gasteiger partial charge < -0.3 is 60.5 Å². The van der Waals surface area contributed by atoms with Crippen LogP contribution in [0, 0.1) is 0 Å². The Morgan fingerprint density at radius 2 is 0.808 bits per heavy atom. The molecule has 0 spiro atoms. The molecule has 8 N–H and O–H groups in total. The number of hydrogen-bond donors (Lipinski definition) is 8. The van der Waals surface area contributed by atoms with E-state index in [0.29, 0.717) is 0 Å². The Hall–Kier alpha value is 1.52. The van der Waals surface area contributed by atoms with Crippen LogP contribution in [-0.2, 0) is 9.47 Å². The summed E-state index contributed by atoms with van der Waals surface area (Å²) < 4.78 is 8.93. The van der Waals surface area contributed by atoms with E-state index in [2.05, 4.69) is 9.47 Å². The van der Waals surface area contributed by atoms with Gasteiger partial charge in [0, 0.05) is 12.6 Å². The van der Waals surface area contributed by atoms with Crippen LogP contribution in [0.1, 0.15) is 0 Å². The summed E-state index contributed by atoms with van der Waals surface area (Å²) in [6.07, 6.45) is -15.1. The molecule has 0 aromatic carbocycles. The van der Waals surface area contributed by atoms with Crippen LogP contribution in [0.4, 0.5) is 0 Å².